The third-order valence-corrected chi connectivity index (χ3v) is 4.93. The minimum Gasteiger partial charge on any atom is -0.345 e. The first kappa shape index (κ1) is 14.6. The molecule has 5 rings (SSSR count). The minimum atomic E-state index is -0.133. The molecule has 0 aliphatic heterocycles. The van der Waals surface area contributed by atoms with Gasteiger partial charge in [-0.05, 0) is 43.9 Å². The summed E-state index contributed by atoms with van der Waals surface area (Å²) in [6.45, 7) is 0.396. The second-order valence-corrected chi connectivity index (χ2v) is 6.95. The Bertz CT molecular complexity index is 965. The van der Waals surface area contributed by atoms with Crippen LogP contribution in [0.5, 0.6) is 0 Å². The summed E-state index contributed by atoms with van der Waals surface area (Å²) in [5.41, 5.74) is 2.19. The lowest BCUT2D eigenvalue weighted by Crippen LogP contribution is -2.25. The minimum absolute atomic E-state index is 0.133. The molecule has 2 fully saturated rings. The van der Waals surface area contributed by atoms with Gasteiger partial charge in [-0.1, -0.05) is 5.21 Å². The van der Waals surface area contributed by atoms with E-state index in [4.69, 9.17) is 0 Å². The summed E-state index contributed by atoms with van der Waals surface area (Å²) < 4.78 is 3.94. The number of carbonyl (C=O) groups is 1. The average molecular weight is 337 g/mol. The van der Waals surface area contributed by atoms with E-state index in [1.165, 1.54) is 25.7 Å². The molecule has 0 bridgehead atoms. The Balaban J connectivity index is 1.34. The number of carbonyl (C=O) groups excluding carboxylic acids is 1. The number of amides is 1. The van der Waals surface area contributed by atoms with E-state index < -0.39 is 0 Å². The van der Waals surface area contributed by atoms with Crippen LogP contribution in [0, 0.1) is 0 Å². The number of hydrogen-bond donors (Lipinski definition) is 1. The van der Waals surface area contributed by atoms with Crippen molar-refractivity contribution in [2.75, 3.05) is 0 Å². The molecule has 0 spiro atoms. The molecule has 2 aliphatic rings. The van der Waals surface area contributed by atoms with E-state index in [1.54, 1.807) is 16.8 Å². The van der Waals surface area contributed by atoms with Crippen LogP contribution in [0.1, 0.15) is 59.6 Å². The van der Waals surface area contributed by atoms with E-state index >= 15 is 0 Å². The number of benzene rings is 1. The molecule has 2 heterocycles. The Morgan fingerprint density at radius 3 is 2.80 bits per heavy atom. The van der Waals surface area contributed by atoms with Crippen LogP contribution in [0.4, 0.5) is 0 Å². The van der Waals surface area contributed by atoms with Crippen LogP contribution < -0.4 is 5.32 Å². The normalized spacial score (nSPS) is 17.2. The van der Waals surface area contributed by atoms with Gasteiger partial charge in [0.05, 0.1) is 12.1 Å². The van der Waals surface area contributed by atoms with Gasteiger partial charge in [-0.15, -0.1) is 15.3 Å². The molecule has 3 aromatic rings. The van der Waals surface area contributed by atoms with Gasteiger partial charge in [0.1, 0.15) is 11.3 Å². The Hall–Kier alpha value is -2.77. The fourth-order valence-corrected chi connectivity index (χ4v) is 3.25. The van der Waals surface area contributed by atoms with Crippen molar-refractivity contribution in [1.29, 1.82) is 0 Å². The lowest BCUT2D eigenvalue weighted by molar-refractivity contribution is 0.0949. The van der Waals surface area contributed by atoms with E-state index in [9.17, 15) is 4.79 Å². The van der Waals surface area contributed by atoms with Gasteiger partial charge in [-0.2, -0.15) is 0 Å². The number of aromatic nitrogens is 6. The van der Waals surface area contributed by atoms with Crippen molar-refractivity contribution in [2.24, 2.45) is 7.05 Å². The van der Waals surface area contributed by atoms with Crippen LogP contribution in [-0.2, 0) is 13.6 Å². The van der Waals surface area contributed by atoms with Gasteiger partial charge in [0.2, 0.25) is 0 Å². The molecule has 2 aliphatic carbocycles. The molecule has 8 heteroatoms. The second kappa shape index (κ2) is 5.37. The van der Waals surface area contributed by atoms with Crippen molar-refractivity contribution in [3.8, 4) is 0 Å². The van der Waals surface area contributed by atoms with Crippen molar-refractivity contribution in [2.45, 2.75) is 44.2 Å². The summed E-state index contributed by atoms with van der Waals surface area (Å²) in [4.78, 5) is 12.5. The Morgan fingerprint density at radius 2 is 2.04 bits per heavy atom. The third-order valence-electron chi connectivity index (χ3n) is 4.93. The fourth-order valence-electron chi connectivity index (χ4n) is 3.25. The molecule has 2 saturated carbocycles. The number of aryl methyl sites for hydroxylation is 1. The number of nitrogens with one attached hydrogen (secondary N) is 1. The maximum Gasteiger partial charge on any atom is 0.251 e. The first-order valence-electron chi connectivity index (χ1n) is 8.72. The Labute approximate surface area is 144 Å². The van der Waals surface area contributed by atoms with Gasteiger partial charge in [0.15, 0.2) is 5.82 Å². The summed E-state index contributed by atoms with van der Waals surface area (Å²) in [5, 5.41) is 19.7. The largest absolute Gasteiger partial charge is 0.345 e. The summed E-state index contributed by atoms with van der Waals surface area (Å²) in [6, 6.07) is 5.94. The van der Waals surface area contributed by atoms with Gasteiger partial charge in [0.25, 0.3) is 5.91 Å². The first-order valence-corrected chi connectivity index (χ1v) is 8.72. The smallest absolute Gasteiger partial charge is 0.251 e. The number of fused-ring (bicyclic) bond motifs is 1. The third kappa shape index (κ3) is 2.57. The summed E-state index contributed by atoms with van der Waals surface area (Å²) in [7, 11) is 1.83. The molecule has 0 unspecified atom stereocenters. The zero-order chi connectivity index (χ0) is 17.0. The van der Waals surface area contributed by atoms with E-state index in [0.717, 1.165) is 17.2 Å². The Kier molecular flexibility index (Phi) is 3.13. The number of nitrogens with zero attached hydrogens (tertiary/aromatic N) is 6. The molecule has 0 atom stereocenters. The van der Waals surface area contributed by atoms with E-state index in [1.807, 2.05) is 13.1 Å². The monoisotopic (exact) mass is 337 g/mol. The predicted molar refractivity (Wildman–Crippen MR) is 89.9 cm³/mol. The topological polar surface area (TPSA) is 90.5 Å². The first-order chi connectivity index (χ1) is 12.2. The highest BCUT2D eigenvalue weighted by Crippen LogP contribution is 2.44. The SMILES string of the molecule is Cn1nnc2cc(C(=O)NCc3nnc(C4CC4)n3C3CC3)ccc21. The molecule has 1 aromatic carbocycles. The molecule has 128 valence electrons. The maximum absolute atomic E-state index is 12.5. The summed E-state index contributed by atoms with van der Waals surface area (Å²) >= 11 is 0. The van der Waals surface area contributed by atoms with Crippen LogP contribution in [0.2, 0.25) is 0 Å². The lowest BCUT2D eigenvalue weighted by atomic mass is 10.2. The van der Waals surface area contributed by atoms with Crippen molar-refractivity contribution >= 4 is 16.9 Å². The predicted octanol–water partition coefficient (Wildman–Crippen LogP) is 1.70. The molecule has 2 aromatic heterocycles. The highest BCUT2D eigenvalue weighted by molar-refractivity contribution is 5.97. The zero-order valence-electron chi connectivity index (χ0n) is 14.0. The molecular weight excluding hydrogens is 318 g/mol. The van der Waals surface area contributed by atoms with Gasteiger partial charge >= 0.3 is 0 Å². The van der Waals surface area contributed by atoms with Crippen molar-refractivity contribution in [3.63, 3.8) is 0 Å². The van der Waals surface area contributed by atoms with Crippen LogP contribution in [-0.4, -0.2) is 35.7 Å². The number of hydrogen-bond acceptors (Lipinski definition) is 5. The highest BCUT2D eigenvalue weighted by atomic mass is 16.1. The molecule has 8 nitrogen and oxygen atoms in total. The van der Waals surface area contributed by atoms with Crippen LogP contribution in [0.15, 0.2) is 18.2 Å². The van der Waals surface area contributed by atoms with E-state index in [0.29, 0.717) is 29.6 Å². The van der Waals surface area contributed by atoms with Crippen LogP contribution >= 0.6 is 0 Å². The van der Waals surface area contributed by atoms with Gasteiger partial charge in [0, 0.05) is 24.6 Å². The van der Waals surface area contributed by atoms with Crippen LogP contribution in [0.25, 0.3) is 11.0 Å². The number of rotatable bonds is 5. The van der Waals surface area contributed by atoms with Crippen molar-refractivity contribution in [3.05, 3.63) is 35.4 Å². The summed E-state index contributed by atoms with van der Waals surface area (Å²) in [6.07, 6.45) is 4.77. The molecule has 1 N–H and O–H groups in total. The van der Waals surface area contributed by atoms with E-state index in [2.05, 4.69) is 30.4 Å². The molecule has 25 heavy (non-hydrogen) atoms. The van der Waals surface area contributed by atoms with Crippen molar-refractivity contribution < 1.29 is 4.79 Å². The van der Waals surface area contributed by atoms with Gasteiger partial charge in [-0.3, -0.25) is 4.79 Å². The maximum atomic E-state index is 12.5. The molecular formula is C17H19N7O. The lowest BCUT2D eigenvalue weighted by Gasteiger charge is -2.09. The van der Waals surface area contributed by atoms with Gasteiger partial charge < -0.3 is 9.88 Å². The van der Waals surface area contributed by atoms with Crippen molar-refractivity contribution in [1.82, 2.24) is 35.1 Å². The zero-order valence-corrected chi connectivity index (χ0v) is 14.0. The molecule has 0 radical (unpaired) electrons. The fraction of sp³-hybridized carbons (Fsp3) is 0.471. The standard InChI is InChI=1S/C17H19N7O/c1-23-14-7-4-11(8-13(14)19-22-23)17(25)18-9-15-20-21-16(10-2-3-10)24(15)12-5-6-12/h4,7-8,10,12H,2-3,5-6,9H2,1H3,(H,18,25). The second-order valence-electron chi connectivity index (χ2n) is 6.95. The summed E-state index contributed by atoms with van der Waals surface area (Å²) in [5.74, 6) is 2.40. The van der Waals surface area contributed by atoms with E-state index in [-0.39, 0.29) is 5.91 Å². The Morgan fingerprint density at radius 1 is 1.20 bits per heavy atom. The van der Waals surface area contributed by atoms with Crippen LogP contribution in [0.3, 0.4) is 0 Å². The quantitative estimate of drug-likeness (QED) is 0.765. The molecule has 0 saturated heterocycles. The average Bonchev–Trinajstić information content (AvgIpc) is 3.56. The highest BCUT2D eigenvalue weighted by Gasteiger charge is 2.36. The molecule has 1 amide bonds. The van der Waals surface area contributed by atoms with Gasteiger partial charge in [-0.25, -0.2) is 4.68 Å².